The lowest BCUT2D eigenvalue weighted by molar-refractivity contribution is 0.0698. The van der Waals surface area contributed by atoms with Gasteiger partial charge in [-0.2, -0.15) is 0 Å². The van der Waals surface area contributed by atoms with Crippen LogP contribution in [0, 0.1) is 0 Å². The highest BCUT2D eigenvalue weighted by Gasteiger charge is 2.16. The molecule has 110 valence electrons. The van der Waals surface area contributed by atoms with E-state index in [0.717, 1.165) is 16.9 Å². The molecule has 6 nitrogen and oxygen atoms in total. The van der Waals surface area contributed by atoms with Crippen molar-refractivity contribution in [1.82, 2.24) is 4.90 Å². The van der Waals surface area contributed by atoms with E-state index in [0.29, 0.717) is 11.5 Å². The molecule has 0 fully saturated rings. The molecule has 1 aromatic heterocycles. The number of hydrogen-bond donors (Lipinski definition) is 3. The molecular formula is C14H14N2O4S. The topological polar surface area (TPSA) is 89.9 Å². The summed E-state index contributed by atoms with van der Waals surface area (Å²) in [6.45, 7) is 0.347. The van der Waals surface area contributed by atoms with Gasteiger partial charge >= 0.3 is 12.0 Å². The van der Waals surface area contributed by atoms with Crippen LogP contribution in [0.15, 0.2) is 35.7 Å². The number of carboxylic acids is 1. The first-order chi connectivity index (χ1) is 9.97. The van der Waals surface area contributed by atoms with E-state index in [1.165, 1.54) is 11.0 Å². The summed E-state index contributed by atoms with van der Waals surface area (Å²) in [7, 11) is 1.61. The van der Waals surface area contributed by atoms with Crippen LogP contribution in [0.2, 0.25) is 0 Å². The van der Waals surface area contributed by atoms with Crippen LogP contribution in [-0.4, -0.2) is 34.2 Å². The number of nitrogens with one attached hydrogen (secondary N) is 1. The molecule has 3 N–H and O–H groups in total. The number of aromatic hydroxyl groups is 1. The van der Waals surface area contributed by atoms with Crippen molar-refractivity contribution in [2.24, 2.45) is 0 Å². The maximum atomic E-state index is 12.0. The molecule has 0 aliphatic rings. The summed E-state index contributed by atoms with van der Waals surface area (Å²) in [6.07, 6.45) is 0. The van der Waals surface area contributed by atoms with Gasteiger partial charge in [-0.15, -0.1) is 11.3 Å². The molecule has 0 bridgehead atoms. The fourth-order valence-corrected chi connectivity index (χ4v) is 2.48. The van der Waals surface area contributed by atoms with E-state index in [1.54, 1.807) is 36.7 Å². The monoisotopic (exact) mass is 306 g/mol. The van der Waals surface area contributed by atoms with Gasteiger partial charge in [0.1, 0.15) is 10.8 Å². The molecular weight excluding hydrogens is 292 g/mol. The third-order valence-electron chi connectivity index (χ3n) is 2.82. The number of benzene rings is 1. The molecule has 0 unspecified atom stereocenters. The lowest BCUT2D eigenvalue weighted by Gasteiger charge is -2.17. The van der Waals surface area contributed by atoms with Crippen molar-refractivity contribution >= 4 is 28.3 Å². The van der Waals surface area contributed by atoms with Gasteiger partial charge in [-0.3, -0.25) is 5.32 Å². The number of urea groups is 1. The standard InChI is InChI=1S/C14H14N2O4S/c1-16(8-9-2-4-10(17)5-3-9)14(20)15-12-11(13(18)19)6-7-21-12/h2-7,17H,8H2,1H3,(H,15,20)(H,18,19). The minimum Gasteiger partial charge on any atom is -0.508 e. The number of nitrogens with zero attached hydrogens (tertiary/aromatic N) is 1. The Balaban J connectivity index is 2.01. The summed E-state index contributed by atoms with van der Waals surface area (Å²) in [5.41, 5.74) is 0.932. The van der Waals surface area contributed by atoms with Gasteiger partial charge in [0.2, 0.25) is 0 Å². The van der Waals surface area contributed by atoms with Crippen molar-refractivity contribution in [2.75, 3.05) is 12.4 Å². The zero-order chi connectivity index (χ0) is 15.4. The first-order valence-corrected chi connectivity index (χ1v) is 6.96. The van der Waals surface area contributed by atoms with Gasteiger partial charge in [0.15, 0.2) is 0 Å². The van der Waals surface area contributed by atoms with Crippen molar-refractivity contribution in [2.45, 2.75) is 6.54 Å². The number of thiophene rings is 1. The van der Waals surface area contributed by atoms with Crippen molar-refractivity contribution in [3.8, 4) is 5.75 Å². The van der Waals surface area contributed by atoms with Crippen LogP contribution >= 0.6 is 11.3 Å². The fraction of sp³-hybridized carbons (Fsp3) is 0.143. The van der Waals surface area contributed by atoms with Gasteiger partial charge in [0.05, 0.1) is 5.56 Å². The number of phenolic OH excluding ortho intramolecular Hbond substituents is 1. The minimum absolute atomic E-state index is 0.0754. The van der Waals surface area contributed by atoms with Crippen LogP contribution < -0.4 is 5.32 Å². The number of hydrogen-bond acceptors (Lipinski definition) is 4. The average Bonchev–Trinajstić information content (AvgIpc) is 2.89. The van der Waals surface area contributed by atoms with E-state index in [4.69, 9.17) is 5.11 Å². The van der Waals surface area contributed by atoms with Gasteiger partial charge in [-0.1, -0.05) is 12.1 Å². The van der Waals surface area contributed by atoms with E-state index < -0.39 is 12.0 Å². The van der Waals surface area contributed by atoms with Crippen LogP contribution in [-0.2, 0) is 6.54 Å². The van der Waals surface area contributed by atoms with E-state index in [-0.39, 0.29) is 11.3 Å². The number of amides is 2. The third-order valence-corrected chi connectivity index (χ3v) is 3.65. The summed E-state index contributed by atoms with van der Waals surface area (Å²) in [5.74, 6) is -0.914. The number of carbonyl (C=O) groups is 2. The Bertz CT molecular complexity index is 651. The van der Waals surface area contributed by atoms with Crippen molar-refractivity contribution in [3.63, 3.8) is 0 Å². The Morgan fingerprint density at radius 2 is 1.90 bits per heavy atom. The third kappa shape index (κ3) is 3.73. The normalized spacial score (nSPS) is 10.1. The fourth-order valence-electron chi connectivity index (χ4n) is 1.71. The first-order valence-electron chi connectivity index (χ1n) is 6.08. The first kappa shape index (κ1) is 14.9. The van der Waals surface area contributed by atoms with Crippen molar-refractivity contribution < 1.29 is 19.8 Å². The van der Waals surface area contributed by atoms with Crippen LogP contribution in [0.3, 0.4) is 0 Å². The zero-order valence-corrected chi connectivity index (χ0v) is 12.1. The smallest absolute Gasteiger partial charge is 0.338 e. The maximum absolute atomic E-state index is 12.0. The lowest BCUT2D eigenvalue weighted by Crippen LogP contribution is -2.31. The summed E-state index contributed by atoms with van der Waals surface area (Å²) in [4.78, 5) is 24.4. The molecule has 0 aliphatic carbocycles. The molecule has 0 atom stereocenters. The second kappa shape index (κ2) is 6.27. The van der Waals surface area contributed by atoms with E-state index >= 15 is 0 Å². The molecule has 21 heavy (non-hydrogen) atoms. The number of anilines is 1. The van der Waals surface area contributed by atoms with Gasteiger partial charge in [0.25, 0.3) is 0 Å². The average molecular weight is 306 g/mol. The molecule has 0 aliphatic heterocycles. The Labute approximate surface area is 125 Å². The number of phenols is 1. The SMILES string of the molecule is CN(Cc1ccc(O)cc1)C(=O)Nc1sccc1C(=O)O. The maximum Gasteiger partial charge on any atom is 0.338 e. The molecule has 2 amide bonds. The summed E-state index contributed by atoms with van der Waals surface area (Å²) in [6, 6.07) is 7.57. The van der Waals surface area contributed by atoms with Crippen molar-refractivity contribution in [1.29, 1.82) is 0 Å². The minimum atomic E-state index is -1.08. The molecule has 0 radical (unpaired) electrons. The molecule has 1 aromatic carbocycles. The van der Waals surface area contributed by atoms with Gasteiger partial charge in [-0.05, 0) is 29.1 Å². The number of carbonyl (C=O) groups excluding carboxylic acids is 1. The van der Waals surface area contributed by atoms with Gasteiger partial charge < -0.3 is 15.1 Å². The summed E-state index contributed by atoms with van der Waals surface area (Å²) >= 11 is 1.16. The lowest BCUT2D eigenvalue weighted by atomic mass is 10.2. The van der Waals surface area contributed by atoms with Crippen molar-refractivity contribution in [3.05, 3.63) is 46.8 Å². The molecule has 0 spiro atoms. The number of rotatable bonds is 4. The highest BCUT2D eigenvalue weighted by atomic mass is 32.1. The Morgan fingerprint density at radius 3 is 2.52 bits per heavy atom. The van der Waals surface area contributed by atoms with E-state index in [1.807, 2.05) is 0 Å². The van der Waals surface area contributed by atoms with Gasteiger partial charge in [0, 0.05) is 13.6 Å². The second-order valence-corrected chi connectivity index (χ2v) is 5.34. The van der Waals surface area contributed by atoms with E-state index in [2.05, 4.69) is 5.32 Å². The highest BCUT2D eigenvalue weighted by Crippen LogP contribution is 2.23. The van der Waals surface area contributed by atoms with E-state index in [9.17, 15) is 14.7 Å². The molecule has 1 heterocycles. The molecule has 7 heteroatoms. The van der Waals surface area contributed by atoms with Crippen LogP contribution in [0.4, 0.5) is 9.80 Å². The largest absolute Gasteiger partial charge is 0.508 e. The number of carboxylic acid groups (broad SMARTS) is 1. The van der Waals surface area contributed by atoms with Crippen LogP contribution in [0.1, 0.15) is 15.9 Å². The quantitative estimate of drug-likeness (QED) is 0.810. The molecule has 0 saturated carbocycles. The Kier molecular flexibility index (Phi) is 4.44. The number of aromatic carboxylic acids is 1. The predicted octanol–water partition coefficient (Wildman–Crippen LogP) is 2.82. The molecule has 2 rings (SSSR count). The predicted molar refractivity (Wildman–Crippen MR) is 79.9 cm³/mol. The van der Waals surface area contributed by atoms with Gasteiger partial charge in [-0.25, -0.2) is 9.59 Å². The zero-order valence-electron chi connectivity index (χ0n) is 11.2. The second-order valence-electron chi connectivity index (χ2n) is 4.42. The summed E-state index contributed by atoms with van der Waals surface area (Å²) < 4.78 is 0. The highest BCUT2D eigenvalue weighted by molar-refractivity contribution is 7.14. The molecule has 2 aromatic rings. The Morgan fingerprint density at radius 1 is 1.24 bits per heavy atom. The summed E-state index contributed by atoms with van der Waals surface area (Å²) in [5, 5.41) is 22.7. The molecule has 0 saturated heterocycles. The Hall–Kier alpha value is -2.54. The van der Waals surface area contributed by atoms with Crippen LogP contribution in [0.25, 0.3) is 0 Å². The van der Waals surface area contributed by atoms with Crippen LogP contribution in [0.5, 0.6) is 5.75 Å².